The highest BCUT2D eigenvalue weighted by Gasteiger charge is 2.16. The van der Waals surface area contributed by atoms with Crippen molar-refractivity contribution in [1.29, 1.82) is 0 Å². The molecule has 1 fully saturated rings. The Bertz CT molecular complexity index is 480. The van der Waals surface area contributed by atoms with Crippen molar-refractivity contribution in [3.05, 3.63) is 29.8 Å². The normalized spacial score (nSPS) is 17.9. The standard InChI is InChI=1S/C18H30N4O/c1-3-5-17(19)18(23)20-16-8-6-15(7-9-16)14-22-12-10-21(4-2)11-13-22/h6-9,17H,3-5,10-14,19H2,1-2H3,(H,20,23). The molecular formula is C18H30N4O. The summed E-state index contributed by atoms with van der Waals surface area (Å²) in [5.41, 5.74) is 7.93. The Labute approximate surface area is 139 Å². The average Bonchev–Trinajstić information content (AvgIpc) is 2.57. The van der Waals surface area contributed by atoms with E-state index in [1.54, 1.807) is 0 Å². The van der Waals surface area contributed by atoms with E-state index in [1.165, 1.54) is 5.56 Å². The van der Waals surface area contributed by atoms with Crippen molar-refractivity contribution in [2.45, 2.75) is 39.3 Å². The van der Waals surface area contributed by atoms with Gasteiger partial charge in [0.15, 0.2) is 0 Å². The molecule has 5 heteroatoms. The molecule has 0 aliphatic carbocycles. The lowest BCUT2D eigenvalue weighted by Crippen LogP contribution is -2.45. The van der Waals surface area contributed by atoms with Crippen LogP contribution in [0.5, 0.6) is 0 Å². The van der Waals surface area contributed by atoms with Crippen LogP contribution >= 0.6 is 0 Å². The minimum absolute atomic E-state index is 0.102. The van der Waals surface area contributed by atoms with E-state index in [0.717, 1.165) is 51.4 Å². The lowest BCUT2D eigenvalue weighted by Gasteiger charge is -2.34. The molecule has 1 saturated heterocycles. The molecule has 1 amide bonds. The fraction of sp³-hybridized carbons (Fsp3) is 0.611. The highest BCUT2D eigenvalue weighted by molar-refractivity contribution is 5.94. The Morgan fingerprint density at radius 1 is 1.13 bits per heavy atom. The number of rotatable bonds is 7. The summed E-state index contributed by atoms with van der Waals surface area (Å²) in [6.07, 6.45) is 1.63. The molecule has 23 heavy (non-hydrogen) atoms. The maximum Gasteiger partial charge on any atom is 0.241 e. The highest BCUT2D eigenvalue weighted by Crippen LogP contribution is 2.13. The zero-order valence-electron chi connectivity index (χ0n) is 14.4. The number of carbonyl (C=O) groups excluding carboxylic acids is 1. The molecule has 0 radical (unpaired) electrons. The minimum atomic E-state index is -0.422. The predicted octanol–water partition coefficient (Wildman–Crippen LogP) is 1.89. The molecule has 3 N–H and O–H groups in total. The van der Waals surface area contributed by atoms with Gasteiger partial charge in [0.05, 0.1) is 6.04 Å². The number of carbonyl (C=O) groups is 1. The van der Waals surface area contributed by atoms with Crippen molar-refractivity contribution < 1.29 is 4.79 Å². The molecule has 128 valence electrons. The maximum atomic E-state index is 11.9. The number of nitrogens with one attached hydrogen (secondary N) is 1. The summed E-state index contributed by atoms with van der Waals surface area (Å²) in [5.74, 6) is -0.102. The third kappa shape index (κ3) is 5.61. The predicted molar refractivity (Wildman–Crippen MR) is 95.3 cm³/mol. The third-order valence-corrected chi connectivity index (χ3v) is 4.48. The highest BCUT2D eigenvalue weighted by atomic mass is 16.2. The molecule has 1 unspecified atom stereocenters. The second kappa shape index (κ2) is 9.01. The molecule has 1 heterocycles. The topological polar surface area (TPSA) is 61.6 Å². The molecule has 1 aliphatic heterocycles. The van der Waals surface area contributed by atoms with Crippen molar-refractivity contribution in [1.82, 2.24) is 9.80 Å². The lowest BCUT2D eigenvalue weighted by atomic mass is 10.1. The van der Waals surface area contributed by atoms with Gasteiger partial charge < -0.3 is 16.0 Å². The van der Waals surface area contributed by atoms with Gasteiger partial charge in [-0.2, -0.15) is 0 Å². The van der Waals surface area contributed by atoms with E-state index in [4.69, 9.17) is 5.73 Å². The Morgan fingerprint density at radius 3 is 2.30 bits per heavy atom. The summed E-state index contributed by atoms with van der Waals surface area (Å²) in [6, 6.07) is 7.69. The SMILES string of the molecule is CCCC(N)C(=O)Nc1ccc(CN2CCN(CC)CC2)cc1. The second-order valence-electron chi connectivity index (χ2n) is 6.29. The summed E-state index contributed by atoms with van der Waals surface area (Å²) in [7, 11) is 0. The molecular weight excluding hydrogens is 288 g/mol. The monoisotopic (exact) mass is 318 g/mol. The van der Waals surface area contributed by atoms with Crippen LogP contribution in [-0.4, -0.2) is 54.5 Å². The Balaban J connectivity index is 1.81. The number of likely N-dealkylation sites (N-methyl/N-ethyl adjacent to an activating group) is 1. The molecule has 0 spiro atoms. The van der Waals surface area contributed by atoms with Crippen LogP contribution in [0.4, 0.5) is 5.69 Å². The number of nitrogens with two attached hydrogens (primary N) is 1. The largest absolute Gasteiger partial charge is 0.325 e. The van der Waals surface area contributed by atoms with Crippen LogP contribution in [0.3, 0.4) is 0 Å². The number of nitrogens with zero attached hydrogens (tertiary/aromatic N) is 2. The number of hydrogen-bond acceptors (Lipinski definition) is 4. The van der Waals surface area contributed by atoms with Gasteiger partial charge in [0.2, 0.25) is 5.91 Å². The van der Waals surface area contributed by atoms with E-state index in [9.17, 15) is 4.79 Å². The first kappa shape index (κ1) is 17.9. The van der Waals surface area contributed by atoms with E-state index in [-0.39, 0.29) is 5.91 Å². The number of piperazine rings is 1. The van der Waals surface area contributed by atoms with Gasteiger partial charge >= 0.3 is 0 Å². The van der Waals surface area contributed by atoms with Gasteiger partial charge in [0, 0.05) is 38.4 Å². The van der Waals surface area contributed by atoms with E-state index >= 15 is 0 Å². The van der Waals surface area contributed by atoms with Crippen molar-refractivity contribution in [2.75, 3.05) is 38.0 Å². The summed E-state index contributed by atoms with van der Waals surface area (Å²) in [5, 5.41) is 2.89. The molecule has 1 aromatic rings. The van der Waals surface area contributed by atoms with E-state index < -0.39 is 6.04 Å². The Morgan fingerprint density at radius 2 is 1.74 bits per heavy atom. The van der Waals surface area contributed by atoms with Crippen LogP contribution in [-0.2, 0) is 11.3 Å². The zero-order chi connectivity index (χ0) is 16.7. The van der Waals surface area contributed by atoms with Gasteiger partial charge in [-0.1, -0.05) is 32.4 Å². The van der Waals surface area contributed by atoms with Gasteiger partial charge in [-0.05, 0) is 30.7 Å². The fourth-order valence-electron chi connectivity index (χ4n) is 2.89. The Hall–Kier alpha value is -1.43. The van der Waals surface area contributed by atoms with Crippen molar-refractivity contribution in [3.63, 3.8) is 0 Å². The molecule has 0 bridgehead atoms. The summed E-state index contributed by atoms with van der Waals surface area (Å²) < 4.78 is 0. The zero-order valence-corrected chi connectivity index (χ0v) is 14.4. The van der Waals surface area contributed by atoms with Gasteiger partial charge in [-0.25, -0.2) is 0 Å². The number of anilines is 1. The number of benzene rings is 1. The number of amides is 1. The summed E-state index contributed by atoms with van der Waals surface area (Å²) in [4.78, 5) is 16.9. The van der Waals surface area contributed by atoms with E-state index in [2.05, 4.69) is 34.2 Å². The van der Waals surface area contributed by atoms with Crippen LogP contribution in [0, 0.1) is 0 Å². The molecule has 1 atom stereocenters. The lowest BCUT2D eigenvalue weighted by molar-refractivity contribution is -0.117. The maximum absolute atomic E-state index is 11.9. The molecule has 2 rings (SSSR count). The molecule has 5 nitrogen and oxygen atoms in total. The van der Waals surface area contributed by atoms with Crippen molar-refractivity contribution in [3.8, 4) is 0 Å². The first-order chi connectivity index (χ1) is 11.1. The number of hydrogen-bond donors (Lipinski definition) is 2. The first-order valence-corrected chi connectivity index (χ1v) is 8.72. The quantitative estimate of drug-likeness (QED) is 0.806. The minimum Gasteiger partial charge on any atom is -0.325 e. The first-order valence-electron chi connectivity index (χ1n) is 8.72. The fourth-order valence-corrected chi connectivity index (χ4v) is 2.89. The Kier molecular flexibility index (Phi) is 7.02. The van der Waals surface area contributed by atoms with Gasteiger partial charge in [0.25, 0.3) is 0 Å². The summed E-state index contributed by atoms with van der Waals surface area (Å²) >= 11 is 0. The van der Waals surface area contributed by atoms with Gasteiger partial charge in [-0.3, -0.25) is 9.69 Å². The van der Waals surface area contributed by atoms with Crippen LogP contribution in [0.1, 0.15) is 32.3 Å². The molecule has 1 aromatic carbocycles. The molecule has 1 aliphatic rings. The smallest absolute Gasteiger partial charge is 0.241 e. The van der Waals surface area contributed by atoms with E-state index in [1.807, 2.05) is 19.1 Å². The third-order valence-electron chi connectivity index (χ3n) is 4.48. The van der Waals surface area contributed by atoms with Crippen LogP contribution < -0.4 is 11.1 Å². The van der Waals surface area contributed by atoms with E-state index in [0.29, 0.717) is 6.42 Å². The van der Waals surface area contributed by atoms with Crippen molar-refractivity contribution in [2.24, 2.45) is 5.73 Å². The molecule has 0 saturated carbocycles. The van der Waals surface area contributed by atoms with Crippen LogP contribution in [0.15, 0.2) is 24.3 Å². The van der Waals surface area contributed by atoms with Crippen molar-refractivity contribution >= 4 is 11.6 Å². The summed E-state index contributed by atoms with van der Waals surface area (Å²) in [6.45, 7) is 10.9. The molecule has 0 aromatic heterocycles. The second-order valence-corrected chi connectivity index (χ2v) is 6.29. The van der Waals surface area contributed by atoms with Crippen LogP contribution in [0.25, 0.3) is 0 Å². The van der Waals surface area contributed by atoms with Crippen LogP contribution in [0.2, 0.25) is 0 Å². The van der Waals surface area contributed by atoms with Gasteiger partial charge in [0.1, 0.15) is 0 Å². The average molecular weight is 318 g/mol. The van der Waals surface area contributed by atoms with Gasteiger partial charge in [-0.15, -0.1) is 0 Å².